The van der Waals surface area contributed by atoms with Gasteiger partial charge in [0, 0.05) is 16.9 Å². The second-order valence-corrected chi connectivity index (χ2v) is 5.64. The Hall–Kier alpha value is -1.55. The minimum absolute atomic E-state index is 0.0175. The van der Waals surface area contributed by atoms with Crippen molar-refractivity contribution in [2.75, 3.05) is 24.6 Å². The van der Waals surface area contributed by atoms with Gasteiger partial charge in [0.15, 0.2) is 0 Å². The molecule has 0 aliphatic carbocycles. The van der Waals surface area contributed by atoms with Gasteiger partial charge in [-0.3, -0.25) is 9.69 Å². The van der Waals surface area contributed by atoms with E-state index in [1.165, 1.54) is 0 Å². The molecule has 0 fully saturated rings. The minimum Gasteiger partial charge on any atom is -0.398 e. The topological polar surface area (TPSA) is 58.4 Å². The van der Waals surface area contributed by atoms with E-state index in [1.54, 1.807) is 6.07 Å². The van der Waals surface area contributed by atoms with E-state index >= 15 is 0 Å². The number of carbonyl (C=O) groups is 1. The molecule has 1 amide bonds. The molecule has 0 aliphatic heterocycles. The first-order valence-corrected chi connectivity index (χ1v) is 6.63. The molecule has 0 atom stereocenters. The van der Waals surface area contributed by atoms with Gasteiger partial charge in [-0.05, 0) is 51.9 Å². The van der Waals surface area contributed by atoms with Crippen LogP contribution in [0, 0.1) is 6.92 Å². The van der Waals surface area contributed by atoms with Crippen LogP contribution in [0.15, 0.2) is 18.2 Å². The molecule has 4 nitrogen and oxygen atoms in total. The molecule has 0 saturated heterocycles. The monoisotopic (exact) mass is 263 g/mol. The molecular weight excluding hydrogens is 238 g/mol. The van der Waals surface area contributed by atoms with Gasteiger partial charge in [0.25, 0.3) is 0 Å². The standard InChI is InChI=1S/C15H25N3O/c1-6-15(3,4)18(5)10-14(19)17-12-8-7-11(2)13(16)9-12/h7-9H,6,10,16H2,1-5H3,(H,17,19). The second kappa shape index (κ2) is 6.06. The highest BCUT2D eigenvalue weighted by Crippen LogP contribution is 2.18. The fourth-order valence-electron chi connectivity index (χ4n) is 1.62. The predicted molar refractivity (Wildman–Crippen MR) is 81.2 cm³/mol. The number of rotatable bonds is 5. The molecule has 0 spiro atoms. The lowest BCUT2D eigenvalue weighted by atomic mass is 10.00. The number of aryl methyl sites for hydroxylation is 1. The summed E-state index contributed by atoms with van der Waals surface area (Å²) in [5.74, 6) is -0.0210. The fourth-order valence-corrected chi connectivity index (χ4v) is 1.62. The summed E-state index contributed by atoms with van der Waals surface area (Å²) in [4.78, 5) is 14.0. The van der Waals surface area contributed by atoms with Crippen LogP contribution in [0.3, 0.4) is 0 Å². The summed E-state index contributed by atoms with van der Waals surface area (Å²) in [5, 5.41) is 2.88. The molecule has 0 bridgehead atoms. The molecule has 19 heavy (non-hydrogen) atoms. The summed E-state index contributed by atoms with van der Waals surface area (Å²) >= 11 is 0. The van der Waals surface area contributed by atoms with Crippen molar-refractivity contribution in [3.63, 3.8) is 0 Å². The lowest BCUT2D eigenvalue weighted by Gasteiger charge is -2.34. The number of nitrogens with zero attached hydrogens (tertiary/aromatic N) is 1. The van der Waals surface area contributed by atoms with E-state index in [4.69, 9.17) is 5.73 Å². The quantitative estimate of drug-likeness (QED) is 0.803. The van der Waals surface area contributed by atoms with E-state index in [-0.39, 0.29) is 11.4 Å². The Morgan fingerprint density at radius 1 is 1.42 bits per heavy atom. The van der Waals surface area contributed by atoms with Gasteiger partial charge in [0.1, 0.15) is 0 Å². The fraction of sp³-hybridized carbons (Fsp3) is 0.533. The van der Waals surface area contributed by atoms with Gasteiger partial charge in [0.05, 0.1) is 6.54 Å². The normalized spacial score (nSPS) is 11.7. The average Bonchev–Trinajstić information content (AvgIpc) is 2.33. The average molecular weight is 263 g/mol. The van der Waals surface area contributed by atoms with Crippen LogP contribution in [0.5, 0.6) is 0 Å². The molecule has 0 saturated carbocycles. The largest absolute Gasteiger partial charge is 0.398 e. The van der Waals surface area contributed by atoms with E-state index in [0.717, 1.165) is 17.7 Å². The Balaban J connectivity index is 2.63. The Kier molecular flexibility index (Phi) is 4.95. The first kappa shape index (κ1) is 15.5. The number of nitrogens with one attached hydrogen (secondary N) is 1. The maximum atomic E-state index is 12.0. The number of nitrogen functional groups attached to an aromatic ring is 1. The van der Waals surface area contributed by atoms with E-state index in [9.17, 15) is 4.79 Å². The molecule has 4 heteroatoms. The maximum absolute atomic E-state index is 12.0. The van der Waals surface area contributed by atoms with Crippen molar-refractivity contribution in [1.82, 2.24) is 4.90 Å². The van der Waals surface area contributed by atoms with Crippen LogP contribution in [-0.2, 0) is 4.79 Å². The molecule has 0 aromatic heterocycles. The zero-order valence-electron chi connectivity index (χ0n) is 12.6. The van der Waals surface area contributed by atoms with Crippen molar-refractivity contribution in [2.24, 2.45) is 0 Å². The first-order valence-electron chi connectivity index (χ1n) is 6.63. The molecule has 0 radical (unpaired) electrons. The minimum atomic E-state index is -0.0210. The molecule has 106 valence electrons. The second-order valence-electron chi connectivity index (χ2n) is 5.64. The van der Waals surface area contributed by atoms with Gasteiger partial charge in [0.2, 0.25) is 5.91 Å². The van der Waals surface area contributed by atoms with Crippen molar-refractivity contribution in [2.45, 2.75) is 39.7 Å². The smallest absolute Gasteiger partial charge is 0.238 e. The maximum Gasteiger partial charge on any atom is 0.238 e. The number of anilines is 2. The summed E-state index contributed by atoms with van der Waals surface area (Å²) in [6, 6.07) is 5.57. The molecular formula is C15H25N3O. The summed E-state index contributed by atoms with van der Waals surface area (Å²) in [7, 11) is 1.96. The molecule has 0 heterocycles. The number of likely N-dealkylation sites (N-methyl/N-ethyl adjacent to an activating group) is 1. The van der Waals surface area contributed by atoms with Crippen LogP contribution in [0.4, 0.5) is 11.4 Å². The van der Waals surface area contributed by atoms with Gasteiger partial charge in [-0.15, -0.1) is 0 Å². The zero-order valence-corrected chi connectivity index (χ0v) is 12.6. The Morgan fingerprint density at radius 2 is 2.05 bits per heavy atom. The summed E-state index contributed by atoms with van der Waals surface area (Å²) in [6.45, 7) is 8.69. The Morgan fingerprint density at radius 3 is 2.58 bits per heavy atom. The third-order valence-corrected chi connectivity index (χ3v) is 3.84. The zero-order chi connectivity index (χ0) is 14.6. The van der Waals surface area contributed by atoms with Crippen molar-refractivity contribution in [1.29, 1.82) is 0 Å². The van der Waals surface area contributed by atoms with E-state index in [2.05, 4.69) is 31.0 Å². The lowest BCUT2D eigenvalue weighted by Crippen LogP contribution is -2.44. The van der Waals surface area contributed by atoms with Crippen molar-refractivity contribution in [3.8, 4) is 0 Å². The van der Waals surface area contributed by atoms with Crippen LogP contribution in [0.2, 0.25) is 0 Å². The molecule has 1 aromatic rings. The highest BCUT2D eigenvalue weighted by atomic mass is 16.2. The van der Waals surface area contributed by atoms with E-state index in [1.807, 2.05) is 26.1 Å². The molecule has 1 aromatic carbocycles. The number of hydrogen-bond donors (Lipinski definition) is 2. The number of carbonyl (C=O) groups excluding carboxylic acids is 1. The number of nitrogens with two attached hydrogens (primary N) is 1. The van der Waals surface area contributed by atoms with Crippen LogP contribution in [0.1, 0.15) is 32.8 Å². The van der Waals surface area contributed by atoms with Crippen LogP contribution in [-0.4, -0.2) is 29.9 Å². The third kappa shape index (κ3) is 4.24. The molecule has 3 N–H and O–H groups in total. The number of amides is 1. The Labute approximate surface area is 116 Å². The van der Waals surface area contributed by atoms with Crippen LogP contribution >= 0.6 is 0 Å². The molecule has 1 rings (SSSR count). The van der Waals surface area contributed by atoms with Gasteiger partial charge in [-0.1, -0.05) is 13.0 Å². The third-order valence-electron chi connectivity index (χ3n) is 3.84. The SMILES string of the molecule is CCC(C)(C)N(C)CC(=O)Nc1ccc(C)c(N)c1. The Bertz CT molecular complexity index is 455. The highest BCUT2D eigenvalue weighted by molar-refractivity contribution is 5.92. The van der Waals surface area contributed by atoms with Crippen LogP contribution < -0.4 is 11.1 Å². The van der Waals surface area contributed by atoms with Gasteiger partial charge in [-0.25, -0.2) is 0 Å². The van der Waals surface area contributed by atoms with Crippen molar-refractivity contribution >= 4 is 17.3 Å². The van der Waals surface area contributed by atoms with Crippen molar-refractivity contribution < 1.29 is 4.79 Å². The van der Waals surface area contributed by atoms with E-state index in [0.29, 0.717) is 12.2 Å². The predicted octanol–water partition coefficient (Wildman–Crippen LogP) is 2.64. The molecule has 0 aliphatic rings. The summed E-state index contributed by atoms with van der Waals surface area (Å²) in [5.41, 5.74) is 8.30. The van der Waals surface area contributed by atoms with Gasteiger partial charge >= 0.3 is 0 Å². The van der Waals surface area contributed by atoms with E-state index < -0.39 is 0 Å². The highest BCUT2D eigenvalue weighted by Gasteiger charge is 2.22. The van der Waals surface area contributed by atoms with Crippen LogP contribution in [0.25, 0.3) is 0 Å². The number of hydrogen-bond acceptors (Lipinski definition) is 3. The number of benzene rings is 1. The van der Waals surface area contributed by atoms with Gasteiger partial charge in [-0.2, -0.15) is 0 Å². The van der Waals surface area contributed by atoms with Gasteiger partial charge < -0.3 is 11.1 Å². The summed E-state index contributed by atoms with van der Waals surface area (Å²) in [6.07, 6.45) is 0.994. The summed E-state index contributed by atoms with van der Waals surface area (Å²) < 4.78 is 0. The van der Waals surface area contributed by atoms with Crippen molar-refractivity contribution in [3.05, 3.63) is 23.8 Å². The first-order chi connectivity index (χ1) is 8.76. The lowest BCUT2D eigenvalue weighted by molar-refractivity contribution is -0.118. The molecule has 0 unspecified atom stereocenters.